The van der Waals surface area contributed by atoms with E-state index in [0.29, 0.717) is 40.2 Å². The number of ether oxygens (including phenoxy) is 1. The van der Waals surface area contributed by atoms with Gasteiger partial charge in [-0.2, -0.15) is 5.26 Å². The maximum absolute atomic E-state index is 12.9. The molecule has 7 heteroatoms. The van der Waals surface area contributed by atoms with E-state index in [1.807, 2.05) is 31.2 Å². The number of aromatic nitrogens is 1. The van der Waals surface area contributed by atoms with Gasteiger partial charge in [0.25, 0.3) is 0 Å². The second-order valence-corrected chi connectivity index (χ2v) is 8.40. The molecule has 0 atom stereocenters. The molecule has 0 aliphatic carbocycles. The van der Waals surface area contributed by atoms with E-state index in [4.69, 9.17) is 11.2 Å². The van der Waals surface area contributed by atoms with Gasteiger partial charge in [0.15, 0.2) is 0 Å². The van der Waals surface area contributed by atoms with E-state index in [1.165, 1.54) is 6.20 Å². The standard InChI is InChI=1S/C28H27N5O2/c1-4-19-7-6-8-22(13-19)31-28-21(17-29)18-30-24-16-26(35-5-2)25(15-23(24)28)32-27(34)14-20-9-11-33(3)12-10-20/h1,6-8,13-16,18H,5,9-12H2,2-3H3,(H,30,31)(H,32,34). The number of piperidine rings is 1. The highest BCUT2D eigenvalue weighted by molar-refractivity contribution is 6.05. The summed E-state index contributed by atoms with van der Waals surface area (Å²) in [5, 5.41) is 16.7. The SMILES string of the molecule is C#Cc1cccc(Nc2c(C#N)cnc3cc(OCC)c(NC(=O)C=C4CCN(C)CC4)cc23)c1. The first kappa shape index (κ1) is 23.8. The average Bonchev–Trinajstić information content (AvgIpc) is 2.86. The van der Waals surface area contributed by atoms with E-state index in [1.54, 1.807) is 18.2 Å². The molecule has 1 aromatic heterocycles. The van der Waals surface area contributed by atoms with Crippen LogP contribution in [0.5, 0.6) is 5.75 Å². The van der Waals surface area contributed by atoms with E-state index >= 15 is 0 Å². The van der Waals surface area contributed by atoms with Crippen LogP contribution >= 0.6 is 0 Å². The third-order valence-electron chi connectivity index (χ3n) is 5.91. The molecule has 1 saturated heterocycles. The minimum absolute atomic E-state index is 0.203. The van der Waals surface area contributed by atoms with Crippen LogP contribution in [0.15, 0.2) is 54.2 Å². The highest BCUT2D eigenvalue weighted by Crippen LogP contribution is 2.36. The molecule has 0 spiro atoms. The molecular formula is C28H27N5O2. The summed E-state index contributed by atoms with van der Waals surface area (Å²) in [6.07, 6.45) is 10.5. The van der Waals surface area contributed by atoms with Crippen molar-refractivity contribution in [1.29, 1.82) is 5.26 Å². The Kier molecular flexibility index (Phi) is 7.30. The van der Waals surface area contributed by atoms with Gasteiger partial charge in [-0.25, -0.2) is 0 Å². The predicted octanol–water partition coefficient (Wildman–Crippen LogP) is 4.82. The normalized spacial score (nSPS) is 13.5. The summed E-state index contributed by atoms with van der Waals surface area (Å²) < 4.78 is 5.81. The molecule has 35 heavy (non-hydrogen) atoms. The molecule has 0 unspecified atom stereocenters. The van der Waals surface area contributed by atoms with Crippen molar-refractivity contribution in [2.45, 2.75) is 19.8 Å². The number of amides is 1. The van der Waals surface area contributed by atoms with Crippen molar-refractivity contribution >= 4 is 33.9 Å². The van der Waals surface area contributed by atoms with E-state index < -0.39 is 0 Å². The Balaban J connectivity index is 1.74. The number of likely N-dealkylation sites (tertiary alicyclic amines) is 1. The summed E-state index contributed by atoms with van der Waals surface area (Å²) in [7, 11) is 2.08. The molecule has 1 fully saturated rings. The monoisotopic (exact) mass is 465 g/mol. The molecule has 2 aromatic carbocycles. The van der Waals surface area contributed by atoms with Gasteiger partial charge in [0.2, 0.25) is 5.91 Å². The Hall–Kier alpha value is -4.33. The van der Waals surface area contributed by atoms with E-state index in [0.717, 1.165) is 42.8 Å². The number of carbonyl (C=O) groups is 1. The minimum Gasteiger partial charge on any atom is -0.492 e. The zero-order valence-corrected chi connectivity index (χ0v) is 19.9. The number of hydrogen-bond acceptors (Lipinski definition) is 6. The van der Waals surface area contributed by atoms with Crippen LogP contribution in [0, 0.1) is 23.7 Å². The first-order chi connectivity index (χ1) is 17.0. The van der Waals surface area contributed by atoms with Gasteiger partial charge >= 0.3 is 0 Å². The molecule has 1 aliphatic rings. The average molecular weight is 466 g/mol. The van der Waals surface area contributed by atoms with Crippen LogP contribution in [0.25, 0.3) is 10.9 Å². The molecule has 2 heterocycles. The predicted molar refractivity (Wildman–Crippen MR) is 139 cm³/mol. The first-order valence-electron chi connectivity index (χ1n) is 11.5. The van der Waals surface area contributed by atoms with E-state index in [9.17, 15) is 10.1 Å². The van der Waals surface area contributed by atoms with Gasteiger partial charge in [-0.3, -0.25) is 9.78 Å². The number of nitrogens with one attached hydrogen (secondary N) is 2. The molecule has 176 valence electrons. The number of nitrogens with zero attached hydrogens (tertiary/aromatic N) is 3. The van der Waals surface area contributed by atoms with E-state index in [-0.39, 0.29) is 5.91 Å². The molecule has 4 rings (SSSR count). The highest BCUT2D eigenvalue weighted by Gasteiger charge is 2.16. The van der Waals surface area contributed by atoms with Crippen molar-refractivity contribution in [1.82, 2.24) is 9.88 Å². The second kappa shape index (κ2) is 10.7. The summed E-state index contributed by atoms with van der Waals surface area (Å²) in [4.78, 5) is 19.6. The van der Waals surface area contributed by atoms with E-state index in [2.05, 4.69) is 39.6 Å². The molecule has 0 radical (unpaired) electrons. The van der Waals surface area contributed by atoms with Gasteiger partial charge < -0.3 is 20.3 Å². The molecule has 0 bridgehead atoms. The zero-order valence-electron chi connectivity index (χ0n) is 19.9. The van der Waals surface area contributed by atoms with Crippen LogP contribution in [0.4, 0.5) is 17.1 Å². The van der Waals surface area contributed by atoms with Crippen LogP contribution in [-0.2, 0) is 4.79 Å². The van der Waals surface area contributed by atoms with Gasteiger partial charge in [0.05, 0.1) is 29.1 Å². The van der Waals surface area contributed by atoms with Crippen molar-refractivity contribution in [3.05, 3.63) is 65.4 Å². The van der Waals surface area contributed by atoms with Crippen molar-refractivity contribution in [2.75, 3.05) is 37.4 Å². The molecule has 1 aliphatic heterocycles. The number of nitriles is 1. The Morgan fingerprint density at radius 2 is 2.09 bits per heavy atom. The van der Waals surface area contributed by atoms with Crippen LogP contribution < -0.4 is 15.4 Å². The number of pyridine rings is 1. The van der Waals surface area contributed by atoms with Gasteiger partial charge in [0.1, 0.15) is 11.8 Å². The van der Waals surface area contributed by atoms with Gasteiger partial charge in [-0.1, -0.05) is 17.6 Å². The fraction of sp³-hybridized carbons (Fsp3) is 0.250. The van der Waals surface area contributed by atoms with Crippen molar-refractivity contribution < 1.29 is 9.53 Å². The summed E-state index contributed by atoms with van der Waals surface area (Å²) in [6, 6.07) is 13.2. The van der Waals surface area contributed by atoms with Crippen LogP contribution in [-0.4, -0.2) is 42.5 Å². The molecule has 7 nitrogen and oxygen atoms in total. The van der Waals surface area contributed by atoms with Crippen LogP contribution in [0.2, 0.25) is 0 Å². The number of rotatable bonds is 6. The lowest BCUT2D eigenvalue weighted by Gasteiger charge is -2.23. The summed E-state index contributed by atoms with van der Waals surface area (Å²) in [5.74, 6) is 2.94. The quantitative estimate of drug-likeness (QED) is 0.401. The largest absolute Gasteiger partial charge is 0.492 e. The topological polar surface area (TPSA) is 90.3 Å². The molecule has 0 saturated carbocycles. The van der Waals surface area contributed by atoms with Crippen molar-refractivity contribution in [2.24, 2.45) is 0 Å². The number of fused-ring (bicyclic) bond motifs is 1. The third-order valence-corrected chi connectivity index (χ3v) is 5.91. The molecular weight excluding hydrogens is 438 g/mol. The Labute approximate surface area is 205 Å². The van der Waals surface area contributed by atoms with Gasteiger partial charge in [-0.15, -0.1) is 6.42 Å². The lowest BCUT2D eigenvalue weighted by atomic mass is 10.0. The third kappa shape index (κ3) is 5.60. The smallest absolute Gasteiger partial charge is 0.248 e. The van der Waals surface area contributed by atoms with Gasteiger partial charge in [-0.05, 0) is 51.1 Å². The van der Waals surface area contributed by atoms with Crippen molar-refractivity contribution in [3.8, 4) is 24.2 Å². The number of benzene rings is 2. The zero-order chi connectivity index (χ0) is 24.8. The fourth-order valence-corrected chi connectivity index (χ4v) is 4.05. The van der Waals surface area contributed by atoms with Crippen molar-refractivity contribution in [3.63, 3.8) is 0 Å². The molecule has 3 aromatic rings. The Morgan fingerprint density at radius 3 is 2.80 bits per heavy atom. The maximum Gasteiger partial charge on any atom is 0.248 e. The fourth-order valence-electron chi connectivity index (χ4n) is 4.05. The highest BCUT2D eigenvalue weighted by atomic mass is 16.5. The maximum atomic E-state index is 12.9. The second-order valence-electron chi connectivity index (χ2n) is 8.40. The minimum atomic E-state index is -0.203. The lowest BCUT2D eigenvalue weighted by Crippen LogP contribution is -2.27. The summed E-state index contributed by atoms with van der Waals surface area (Å²) >= 11 is 0. The molecule has 2 N–H and O–H groups in total. The Bertz CT molecular complexity index is 1370. The number of anilines is 3. The van der Waals surface area contributed by atoms with Crippen LogP contribution in [0.1, 0.15) is 30.9 Å². The Morgan fingerprint density at radius 1 is 1.29 bits per heavy atom. The number of terminal acetylenes is 1. The summed E-state index contributed by atoms with van der Waals surface area (Å²) in [6.45, 7) is 4.20. The first-order valence-corrected chi connectivity index (χ1v) is 11.5. The number of hydrogen-bond donors (Lipinski definition) is 2. The number of carbonyl (C=O) groups excluding carboxylic acids is 1. The summed E-state index contributed by atoms with van der Waals surface area (Å²) in [5.41, 5.74) is 4.71. The lowest BCUT2D eigenvalue weighted by molar-refractivity contribution is -0.112. The van der Waals surface area contributed by atoms with Gasteiger partial charge in [0, 0.05) is 48.1 Å². The van der Waals surface area contributed by atoms with Crippen LogP contribution in [0.3, 0.4) is 0 Å². The molecule has 1 amide bonds.